The van der Waals surface area contributed by atoms with Gasteiger partial charge in [0.25, 0.3) is 0 Å². The molecule has 0 amide bonds. The highest BCUT2D eigenvalue weighted by molar-refractivity contribution is 5.67. The fourth-order valence-corrected chi connectivity index (χ4v) is 2.39. The van der Waals surface area contributed by atoms with Crippen LogP contribution in [-0.4, -0.2) is 23.7 Å². The molecular weight excluding hydrogens is 238 g/mol. The van der Waals surface area contributed by atoms with E-state index in [9.17, 15) is 4.79 Å². The maximum Gasteiger partial charge on any atom is 0.305 e. The van der Waals surface area contributed by atoms with Gasteiger partial charge >= 0.3 is 5.97 Å². The molecule has 1 unspecified atom stereocenters. The van der Waals surface area contributed by atoms with Gasteiger partial charge in [0.1, 0.15) is 0 Å². The fraction of sp³-hybridized carbons (Fsp3) is 0.562. The summed E-state index contributed by atoms with van der Waals surface area (Å²) in [7, 11) is 0. The van der Waals surface area contributed by atoms with Gasteiger partial charge in [-0.1, -0.05) is 38.0 Å². The Balaban J connectivity index is 2.89. The van der Waals surface area contributed by atoms with Crippen molar-refractivity contribution in [2.45, 2.75) is 52.5 Å². The fourth-order valence-electron chi connectivity index (χ4n) is 2.39. The maximum atomic E-state index is 10.8. The molecule has 0 fully saturated rings. The SMILES string of the molecule is CCCC(CC)N(CCC(=O)O)c1ccc(C)cc1. The summed E-state index contributed by atoms with van der Waals surface area (Å²) in [5, 5.41) is 8.91. The van der Waals surface area contributed by atoms with Crippen molar-refractivity contribution in [3.63, 3.8) is 0 Å². The zero-order valence-electron chi connectivity index (χ0n) is 12.2. The van der Waals surface area contributed by atoms with E-state index >= 15 is 0 Å². The summed E-state index contributed by atoms with van der Waals surface area (Å²) in [4.78, 5) is 13.1. The molecule has 0 radical (unpaired) electrons. The zero-order valence-corrected chi connectivity index (χ0v) is 12.2. The molecule has 0 saturated carbocycles. The Morgan fingerprint density at radius 1 is 1.26 bits per heavy atom. The van der Waals surface area contributed by atoms with Gasteiger partial charge in [-0.25, -0.2) is 0 Å². The molecule has 1 atom stereocenters. The lowest BCUT2D eigenvalue weighted by atomic mass is 10.1. The van der Waals surface area contributed by atoms with Crippen LogP contribution in [0, 0.1) is 6.92 Å². The quantitative estimate of drug-likeness (QED) is 0.774. The molecule has 0 heterocycles. The van der Waals surface area contributed by atoms with Gasteiger partial charge in [-0.05, 0) is 31.9 Å². The highest BCUT2D eigenvalue weighted by atomic mass is 16.4. The molecule has 0 aliphatic carbocycles. The molecule has 19 heavy (non-hydrogen) atoms. The number of carboxylic acid groups (broad SMARTS) is 1. The van der Waals surface area contributed by atoms with E-state index < -0.39 is 5.97 Å². The standard InChI is InChI=1S/C16H25NO2/c1-4-6-14(5-2)17(12-11-16(18)19)15-9-7-13(3)8-10-15/h7-10,14H,4-6,11-12H2,1-3H3,(H,18,19). The lowest BCUT2D eigenvalue weighted by Gasteiger charge is -2.33. The smallest absolute Gasteiger partial charge is 0.305 e. The summed E-state index contributed by atoms with van der Waals surface area (Å²) < 4.78 is 0. The largest absolute Gasteiger partial charge is 0.481 e. The summed E-state index contributed by atoms with van der Waals surface area (Å²) in [6, 6.07) is 8.78. The molecule has 1 rings (SSSR count). The van der Waals surface area contributed by atoms with E-state index in [1.807, 2.05) is 0 Å². The Morgan fingerprint density at radius 2 is 1.89 bits per heavy atom. The molecule has 0 aliphatic rings. The van der Waals surface area contributed by atoms with Crippen molar-refractivity contribution in [3.05, 3.63) is 29.8 Å². The lowest BCUT2D eigenvalue weighted by molar-refractivity contribution is -0.136. The first-order chi connectivity index (χ1) is 9.08. The summed E-state index contributed by atoms with van der Waals surface area (Å²) in [6.07, 6.45) is 3.45. The van der Waals surface area contributed by atoms with Gasteiger partial charge in [-0.2, -0.15) is 0 Å². The van der Waals surface area contributed by atoms with Crippen LogP contribution in [0.3, 0.4) is 0 Å². The number of hydrogen-bond donors (Lipinski definition) is 1. The maximum absolute atomic E-state index is 10.8. The summed E-state index contributed by atoms with van der Waals surface area (Å²) >= 11 is 0. The molecule has 0 aliphatic heterocycles. The lowest BCUT2D eigenvalue weighted by Crippen LogP contribution is -2.36. The first kappa shape index (κ1) is 15.5. The molecular formula is C16H25NO2. The molecule has 0 aromatic heterocycles. The molecule has 0 spiro atoms. The van der Waals surface area contributed by atoms with E-state index in [4.69, 9.17) is 5.11 Å². The zero-order chi connectivity index (χ0) is 14.3. The molecule has 0 bridgehead atoms. The summed E-state index contributed by atoms with van der Waals surface area (Å²) in [5.74, 6) is -0.733. The van der Waals surface area contributed by atoms with Gasteiger partial charge in [0.15, 0.2) is 0 Å². The third-order valence-electron chi connectivity index (χ3n) is 3.47. The Kier molecular flexibility index (Phi) is 6.40. The highest BCUT2D eigenvalue weighted by Crippen LogP contribution is 2.22. The van der Waals surface area contributed by atoms with Crippen molar-refractivity contribution in [1.29, 1.82) is 0 Å². The summed E-state index contributed by atoms with van der Waals surface area (Å²) in [6.45, 7) is 6.99. The first-order valence-corrected chi connectivity index (χ1v) is 7.13. The van der Waals surface area contributed by atoms with E-state index in [1.165, 1.54) is 5.56 Å². The van der Waals surface area contributed by atoms with Crippen LogP contribution >= 0.6 is 0 Å². The van der Waals surface area contributed by atoms with Crippen LogP contribution in [-0.2, 0) is 4.79 Å². The number of hydrogen-bond acceptors (Lipinski definition) is 2. The van der Waals surface area contributed by atoms with Crippen LogP contribution in [0.2, 0.25) is 0 Å². The van der Waals surface area contributed by atoms with Crippen molar-refractivity contribution in [1.82, 2.24) is 0 Å². The van der Waals surface area contributed by atoms with Crippen molar-refractivity contribution < 1.29 is 9.90 Å². The van der Waals surface area contributed by atoms with Crippen molar-refractivity contribution >= 4 is 11.7 Å². The predicted octanol–water partition coefficient (Wildman–Crippen LogP) is 3.85. The van der Waals surface area contributed by atoms with Crippen molar-refractivity contribution in [2.24, 2.45) is 0 Å². The second kappa shape index (κ2) is 7.82. The normalized spacial score (nSPS) is 12.2. The van der Waals surface area contributed by atoms with Crippen LogP contribution in [0.15, 0.2) is 24.3 Å². The van der Waals surface area contributed by atoms with Crippen LogP contribution in [0.5, 0.6) is 0 Å². The average molecular weight is 263 g/mol. The Bertz CT molecular complexity index is 386. The van der Waals surface area contributed by atoms with Crippen molar-refractivity contribution in [3.8, 4) is 0 Å². The minimum Gasteiger partial charge on any atom is -0.481 e. The van der Waals surface area contributed by atoms with Gasteiger partial charge in [0.05, 0.1) is 6.42 Å². The Hall–Kier alpha value is -1.51. The number of aliphatic carboxylic acids is 1. The number of carbonyl (C=O) groups is 1. The Labute approximate surface area is 116 Å². The van der Waals surface area contributed by atoms with Gasteiger partial charge in [-0.3, -0.25) is 4.79 Å². The second-order valence-corrected chi connectivity index (χ2v) is 5.02. The monoisotopic (exact) mass is 263 g/mol. The van der Waals surface area contributed by atoms with Gasteiger partial charge in [0.2, 0.25) is 0 Å². The summed E-state index contributed by atoms with van der Waals surface area (Å²) in [5.41, 5.74) is 2.36. The van der Waals surface area contributed by atoms with Gasteiger partial charge in [-0.15, -0.1) is 0 Å². The van der Waals surface area contributed by atoms with E-state index in [-0.39, 0.29) is 6.42 Å². The molecule has 1 aromatic carbocycles. The number of aryl methyl sites for hydroxylation is 1. The first-order valence-electron chi connectivity index (χ1n) is 7.13. The van der Waals surface area contributed by atoms with E-state index in [0.717, 1.165) is 24.9 Å². The number of benzene rings is 1. The molecule has 1 aromatic rings. The minimum atomic E-state index is -0.733. The van der Waals surface area contributed by atoms with Gasteiger partial charge in [0, 0.05) is 18.3 Å². The van der Waals surface area contributed by atoms with Crippen LogP contribution in [0.25, 0.3) is 0 Å². The minimum absolute atomic E-state index is 0.189. The number of carboxylic acids is 1. The molecule has 3 nitrogen and oxygen atoms in total. The van der Waals surface area contributed by atoms with Crippen LogP contribution in [0.4, 0.5) is 5.69 Å². The molecule has 3 heteroatoms. The molecule has 106 valence electrons. The third-order valence-corrected chi connectivity index (χ3v) is 3.47. The van der Waals surface area contributed by atoms with E-state index in [1.54, 1.807) is 0 Å². The van der Waals surface area contributed by atoms with Crippen LogP contribution < -0.4 is 4.90 Å². The third kappa shape index (κ3) is 4.93. The number of anilines is 1. The highest BCUT2D eigenvalue weighted by Gasteiger charge is 2.17. The van der Waals surface area contributed by atoms with Gasteiger partial charge < -0.3 is 10.0 Å². The van der Waals surface area contributed by atoms with Crippen molar-refractivity contribution in [2.75, 3.05) is 11.4 Å². The molecule has 0 saturated heterocycles. The Morgan fingerprint density at radius 3 is 2.37 bits per heavy atom. The predicted molar refractivity (Wildman–Crippen MR) is 79.8 cm³/mol. The number of rotatable bonds is 8. The topological polar surface area (TPSA) is 40.5 Å². The average Bonchev–Trinajstić information content (AvgIpc) is 2.39. The van der Waals surface area contributed by atoms with E-state index in [2.05, 4.69) is 49.9 Å². The number of nitrogens with zero attached hydrogens (tertiary/aromatic N) is 1. The second-order valence-electron chi connectivity index (χ2n) is 5.02. The molecule has 1 N–H and O–H groups in total. The van der Waals surface area contributed by atoms with E-state index in [0.29, 0.717) is 12.6 Å². The van der Waals surface area contributed by atoms with Crippen LogP contribution in [0.1, 0.15) is 45.1 Å².